The van der Waals surface area contributed by atoms with Crippen LogP contribution in [0.15, 0.2) is 40.9 Å². The van der Waals surface area contributed by atoms with Gasteiger partial charge in [0.05, 0.1) is 25.3 Å². The van der Waals surface area contributed by atoms with Crippen LogP contribution in [-0.4, -0.2) is 24.1 Å². The minimum Gasteiger partial charge on any atom is -0.469 e. The quantitative estimate of drug-likeness (QED) is 0.851. The van der Waals surface area contributed by atoms with Crippen LogP contribution in [0.4, 0.5) is 0 Å². The number of benzene rings is 1. The Morgan fingerprint density at radius 1 is 1.33 bits per heavy atom. The zero-order valence-corrected chi connectivity index (χ0v) is 11.8. The fraction of sp³-hybridized carbons (Fsp3) is 0.267. The summed E-state index contributed by atoms with van der Waals surface area (Å²) in [6.45, 7) is 1.73. The van der Waals surface area contributed by atoms with E-state index in [-0.39, 0.29) is 12.2 Å². The molecule has 0 bridgehead atoms. The predicted molar refractivity (Wildman–Crippen MR) is 74.5 cm³/mol. The highest BCUT2D eigenvalue weighted by Gasteiger charge is 2.21. The third kappa shape index (κ3) is 3.92. The van der Waals surface area contributed by atoms with Gasteiger partial charge in [0.15, 0.2) is 0 Å². The number of nitrogens with one attached hydrogen (secondary N) is 1. The average molecular weight is 288 g/mol. The molecule has 2 aromatic rings. The first-order valence-corrected chi connectivity index (χ1v) is 6.46. The van der Waals surface area contributed by atoms with E-state index in [4.69, 9.17) is 4.52 Å². The van der Waals surface area contributed by atoms with Gasteiger partial charge in [-0.1, -0.05) is 35.5 Å². The van der Waals surface area contributed by atoms with Gasteiger partial charge in [-0.15, -0.1) is 0 Å². The fourth-order valence-electron chi connectivity index (χ4n) is 1.89. The number of hydrogen-bond acceptors (Lipinski definition) is 5. The van der Waals surface area contributed by atoms with E-state index >= 15 is 0 Å². The zero-order valence-electron chi connectivity index (χ0n) is 11.8. The molecule has 1 heterocycles. The first-order valence-electron chi connectivity index (χ1n) is 6.46. The van der Waals surface area contributed by atoms with Crippen LogP contribution in [0.5, 0.6) is 0 Å². The number of carbonyl (C=O) groups excluding carboxylic acids is 2. The molecule has 1 atom stereocenters. The van der Waals surface area contributed by atoms with Crippen LogP contribution < -0.4 is 5.32 Å². The molecular weight excluding hydrogens is 272 g/mol. The Kier molecular flexibility index (Phi) is 4.71. The van der Waals surface area contributed by atoms with Crippen LogP contribution in [0, 0.1) is 6.92 Å². The summed E-state index contributed by atoms with van der Waals surface area (Å²) < 4.78 is 9.58. The Morgan fingerprint density at radius 3 is 2.62 bits per heavy atom. The van der Waals surface area contributed by atoms with E-state index in [2.05, 4.69) is 15.2 Å². The topological polar surface area (TPSA) is 81.4 Å². The number of aromatic nitrogens is 1. The van der Waals surface area contributed by atoms with E-state index < -0.39 is 17.9 Å². The van der Waals surface area contributed by atoms with Crippen molar-refractivity contribution in [2.45, 2.75) is 19.4 Å². The standard InChI is InChI=1S/C15H16N2O4/c1-10-8-13(21-17-10)15(19)16-12(9-14(18)20-2)11-6-4-3-5-7-11/h3-8,12H,9H2,1-2H3,(H,16,19). The molecule has 1 aromatic heterocycles. The molecule has 21 heavy (non-hydrogen) atoms. The summed E-state index contributed by atoms with van der Waals surface area (Å²) in [7, 11) is 1.31. The molecule has 0 aliphatic carbocycles. The third-order valence-corrected chi connectivity index (χ3v) is 2.96. The van der Waals surface area contributed by atoms with Crippen molar-refractivity contribution in [1.82, 2.24) is 10.5 Å². The van der Waals surface area contributed by atoms with Crippen LogP contribution in [-0.2, 0) is 9.53 Å². The number of hydrogen-bond donors (Lipinski definition) is 1. The van der Waals surface area contributed by atoms with Crippen LogP contribution in [0.2, 0.25) is 0 Å². The Hall–Kier alpha value is -2.63. The minimum atomic E-state index is -0.489. The van der Waals surface area contributed by atoms with E-state index in [1.54, 1.807) is 6.92 Å². The number of rotatable bonds is 5. The molecule has 1 unspecified atom stereocenters. The van der Waals surface area contributed by atoms with Crippen molar-refractivity contribution in [3.8, 4) is 0 Å². The second-order valence-electron chi connectivity index (χ2n) is 4.55. The summed E-state index contributed by atoms with van der Waals surface area (Å²) >= 11 is 0. The highest BCUT2D eigenvalue weighted by molar-refractivity contribution is 5.92. The lowest BCUT2D eigenvalue weighted by atomic mass is 10.0. The molecule has 0 saturated heterocycles. The molecule has 1 N–H and O–H groups in total. The minimum absolute atomic E-state index is 0.0410. The van der Waals surface area contributed by atoms with E-state index in [9.17, 15) is 9.59 Å². The molecule has 2 rings (SSSR count). The van der Waals surface area contributed by atoms with Gasteiger partial charge < -0.3 is 14.6 Å². The number of ether oxygens (including phenoxy) is 1. The Balaban J connectivity index is 2.16. The second-order valence-corrected chi connectivity index (χ2v) is 4.55. The van der Waals surface area contributed by atoms with Crippen molar-refractivity contribution in [3.63, 3.8) is 0 Å². The zero-order chi connectivity index (χ0) is 15.2. The van der Waals surface area contributed by atoms with Crippen molar-refractivity contribution >= 4 is 11.9 Å². The molecule has 1 aromatic carbocycles. The monoisotopic (exact) mass is 288 g/mol. The fourth-order valence-corrected chi connectivity index (χ4v) is 1.89. The van der Waals surface area contributed by atoms with Gasteiger partial charge in [-0.2, -0.15) is 0 Å². The number of methoxy groups -OCH3 is 1. The van der Waals surface area contributed by atoms with E-state index in [0.29, 0.717) is 5.69 Å². The SMILES string of the molecule is COC(=O)CC(NC(=O)c1cc(C)no1)c1ccccc1. The second kappa shape index (κ2) is 6.69. The van der Waals surface area contributed by atoms with Gasteiger partial charge in [-0.25, -0.2) is 0 Å². The molecule has 0 spiro atoms. The van der Waals surface area contributed by atoms with E-state index in [1.807, 2.05) is 30.3 Å². The summed E-state index contributed by atoms with van der Waals surface area (Å²) in [6, 6.07) is 10.3. The first-order chi connectivity index (χ1) is 10.1. The molecule has 110 valence electrons. The lowest BCUT2D eigenvalue weighted by Crippen LogP contribution is -2.30. The van der Waals surface area contributed by atoms with E-state index in [0.717, 1.165) is 5.56 Å². The van der Waals surface area contributed by atoms with Gasteiger partial charge in [0.25, 0.3) is 5.91 Å². The molecule has 6 nitrogen and oxygen atoms in total. The lowest BCUT2D eigenvalue weighted by Gasteiger charge is -2.17. The van der Waals surface area contributed by atoms with Gasteiger partial charge >= 0.3 is 5.97 Å². The van der Waals surface area contributed by atoms with Gasteiger partial charge in [0.1, 0.15) is 0 Å². The normalized spacial score (nSPS) is 11.7. The van der Waals surface area contributed by atoms with Crippen molar-refractivity contribution in [1.29, 1.82) is 0 Å². The van der Waals surface area contributed by atoms with Gasteiger partial charge in [-0.05, 0) is 12.5 Å². The molecule has 0 aliphatic heterocycles. The lowest BCUT2D eigenvalue weighted by molar-refractivity contribution is -0.141. The summed E-state index contributed by atoms with van der Waals surface area (Å²) in [5.74, 6) is -0.718. The van der Waals surface area contributed by atoms with Crippen LogP contribution >= 0.6 is 0 Å². The first kappa shape index (κ1) is 14.8. The summed E-state index contributed by atoms with van der Waals surface area (Å²) in [4.78, 5) is 23.6. The highest BCUT2D eigenvalue weighted by atomic mass is 16.5. The maximum atomic E-state index is 12.1. The molecule has 0 radical (unpaired) electrons. The molecular formula is C15H16N2O4. The van der Waals surface area contributed by atoms with Gasteiger partial charge in [-0.3, -0.25) is 9.59 Å². The maximum Gasteiger partial charge on any atom is 0.307 e. The van der Waals surface area contributed by atoms with Crippen LogP contribution in [0.1, 0.15) is 34.3 Å². The van der Waals surface area contributed by atoms with Crippen molar-refractivity contribution in [2.75, 3.05) is 7.11 Å². The largest absolute Gasteiger partial charge is 0.469 e. The predicted octanol–water partition coefficient (Wildman–Crippen LogP) is 2.02. The molecule has 0 aliphatic rings. The third-order valence-electron chi connectivity index (χ3n) is 2.96. The summed E-state index contributed by atoms with van der Waals surface area (Å²) in [6.07, 6.45) is 0.0410. The molecule has 6 heteroatoms. The smallest absolute Gasteiger partial charge is 0.307 e. The summed E-state index contributed by atoms with van der Waals surface area (Å²) in [5, 5.41) is 6.42. The number of aryl methyl sites for hydroxylation is 1. The van der Waals surface area contributed by atoms with Gasteiger partial charge in [0.2, 0.25) is 5.76 Å². The van der Waals surface area contributed by atoms with Crippen molar-refractivity contribution in [2.24, 2.45) is 0 Å². The van der Waals surface area contributed by atoms with Crippen LogP contribution in [0.25, 0.3) is 0 Å². The summed E-state index contributed by atoms with van der Waals surface area (Å²) in [5.41, 5.74) is 1.43. The Bertz CT molecular complexity index is 622. The molecule has 1 amide bonds. The maximum absolute atomic E-state index is 12.1. The number of nitrogens with zero attached hydrogens (tertiary/aromatic N) is 1. The average Bonchev–Trinajstić information content (AvgIpc) is 2.94. The molecule has 0 fully saturated rings. The Morgan fingerprint density at radius 2 is 2.05 bits per heavy atom. The van der Waals surface area contributed by atoms with Crippen molar-refractivity contribution < 1.29 is 18.8 Å². The number of carbonyl (C=O) groups is 2. The number of esters is 1. The molecule has 0 saturated carbocycles. The number of amides is 1. The van der Waals surface area contributed by atoms with Gasteiger partial charge in [0, 0.05) is 6.07 Å². The highest BCUT2D eigenvalue weighted by Crippen LogP contribution is 2.18. The van der Waals surface area contributed by atoms with Crippen LogP contribution in [0.3, 0.4) is 0 Å². The van der Waals surface area contributed by atoms with Crippen molar-refractivity contribution in [3.05, 3.63) is 53.4 Å². The Labute approximate surface area is 122 Å². The van der Waals surface area contributed by atoms with E-state index in [1.165, 1.54) is 13.2 Å².